The van der Waals surface area contributed by atoms with Crippen molar-refractivity contribution in [2.75, 3.05) is 6.61 Å². The van der Waals surface area contributed by atoms with Crippen LogP contribution in [-0.4, -0.2) is 61.9 Å². The highest BCUT2D eigenvalue weighted by molar-refractivity contribution is 7.52. The molecule has 0 bridgehead atoms. The number of benzene rings is 2. The molecule has 1 saturated heterocycles. The summed E-state index contributed by atoms with van der Waals surface area (Å²) in [5, 5.41) is 29.1. The molecule has 3 aromatic rings. The average molecular weight is 633 g/mol. The van der Waals surface area contributed by atoms with E-state index in [0.717, 1.165) is 16.2 Å². The van der Waals surface area contributed by atoms with Gasteiger partial charge >= 0.3 is 19.4 Å². The van der Waals surface area contributed by atoms with Crippen molar-refractivity contribution in [3.8, 4) is 5.75 Å². The van der Waals surface area contributed by atoms with Crippen LogP contribution in [0.4, 0.5) is 0 Å². The van der Waals surface area contributed by atoms with E-state index >= 15 is 0 Å². The lowest BCUT2D eigenvalue weighted by Gasteiger charge is -2.30. The van der Waals surface area contributed by atoms with Gasteiger partial charge in [0.05, 0.1) is 6.61 Å². The molecule has 1 aliphatic rings. The van der Waals surface area contributed by atoms with Gasteiger partial charge < -0.3 is 24.2 Å². The lowest BCUT2D eigenvalue weighted by atomic mass is 10.1. The summed E-state index contributed by atoms with van der Waals surface area (Å²) >= 11 is 0. The number of aromatic nitrogens is 2. The third-order valence-electron chi connectivity index (χ3n) is 6.56. The van der Waals surface area contributed by atoms with Gasteiger partial charge in [-0.1, -0.05) is 41.5 Å². The molecule has 2 aromatic carbocycles. The number of hydrogen-bond donors (Lipinski definition) is 4. The van der Waals surface area contributed by atoms with E-state index in [1.165, 1.54) is 19.9 Å². The number of carbonyl (C=O) groups excluding carboxylic acids is 1. The van der Waals surface area contributed by atoms with Gasteiger partial charge in [-0.3, -0.25) is 23.7 Å². The molecule has 1 unspecified atom stereocenters. The number of rotatable bonds is 10. The SMILES string of the molecule is Cc1cn([C@@H]2O[C@@](COP(=O)(N[C@@H](C)C(=O)OC(C)(C)C)Oc3cccc4ccccc34)(N=[N+]=[N-])[C@@H](O)[C@H]2O)c(=O)[nH]c1=O. The van der Waals surface area contributed by atoms with Gasteiger partial charge in [-0.05, 0) is 51.6 Å². The number of aliphatic hydroxyl groups is 2. The standard InChI is InChI=1S/C27H33N6O10P/c1-15-13-33(25(38)29-22(15)36)23-20(34)21(35)27(41-23,31-32-28)14-40-44(39,30-16(2)24(37)42-26(3,4)5)43-19-12-8-10-17-9-6-7-11-18(17)19/h6-13,16,20-21,23,34-35H,14H2,1-5H3,(H,30,39)(H,29,36,38)/t16-,20+,21-,23+,27+,44?/m0/s1. The molecule has 0 amide bonds. The molecule has 1 aromatic heterocycles. The third-order valence-corrected chi connectivity index (χ3v) is 8.17. The van der Waals surface area contributed by atoms with Gasteiger partial charge in [-0.2, -0.15) is 5.09 Å². The second-order valence-corrected chi connectivity index (χ2v) is 12.9. The van der Waals surface area contributed by atoms with Crippen molar-refractivity contribution in [2.24, 2.45) is 5.11 Å². The van der Waals surface area contributed by atoms with Crippen molar-refractivity contribution in [1.29, 1.82) is 0 Å². The Morgan fingerprint density at radius 1 is 1.25 bits per heavy atom. The average Bonchev–Trinajstić information content (AvgIpc) is 3.19. The van der Waals surface area contributed by atoms with Crippen LogP contribution in [0.1, 0.15) is 39.5 Å². The van der Waals surface area contributed by atoms with E-state index in [0.29, 0.717) is 5.39 Å². The zero-order valence-electron chi connectivity index (χ0n) is 24.5. The number of carbonyl (C=O) groups is 1. The fourth-order valence-corrected chi connectivity index (χ4v) is 5.96. The van der Waals surface area contributed by atoms with Gasteiger partial charge in [0.25, 0.3) is 5.56 Å². The Bertz CT molecular complexity index is 1760. The minimum absolute atomic E-state index is 0.0840. The molecule has 4 rings (SSSR count). The highest BCUT2D eigenvalue weighted by Crippen LogP contribution is 2.49. The molecular weight excluding hydrogens is 599 g/mol. The monoisotopic (exact) mass is 632 g/mol. The van der Waals surface area contributed by atoms with E-state index < -0.39 is 67.4 Å². The predicted molar refractivity (Wildman–Crippen MR) is 157 cm³/mol. The second-order valence-electron chi connectivity index (χ2n) is 11.2. The van der Waals surface area contributed by atoms with Crippen LogP contribution in [0.25, 0.3) is 21.2 Å². The lowest BCUT2D eigenvalue weighted by Crippen LogP contribution is -2.46. The van der Waals surface area contributed by atoms with Crippen molar-refractivity contribution in [3.05, 3.63) is 85.5 Å². The zero-order chi connectivity index (χ0) is 32.4. The van der Waals surface area contributed by atoms with Crippen molar-refractivity contribution >= 4 is 24.5 Å². The Balaban J connectivity index is 1.70. The van der Waals surface area contributed by atoms with E-state index in [2.05, 4.69) is 20.1 Å². The summed E-state index contributed by atoms with van der Waals surface area (Å²) in [5.74, 6) is -0.678. The number of aliphatic hydroxyl groups excluding tert-OH is 2. The minimum atomic E-state index is -4.62. The molecule has 44 heavy (non-hydrogen) atoms. The van der Waals surface area contributed by atoms with Gasteiger partial charge in [-0.25, -0.2) is 9.36 Å². The van der Waals surface area contributed by atoms with E-state index in [1.54, 1.807) is 57.2 Å². The van der Waals surface area contributed by atoms with E-state index in [1.807, 2.05) is 0 Å². The number of esters is 1. The lowest BCUT2D eigenvalue weighted by molar-refractivity contribution is -0.156. The largest absolute Gasteiger partial charge is 0.459 e. The number of nitrogens with one attached hydrogen (secondary N) is 2. The smallest absolute Gasteiger partial charge is 0.459 e. The molecule has 17 heteroatoms. The molecular formula is C27H33N6O10P. The van der Waals surface area contributed by atoms with Crippen LogP contribution in [0.2, 0.25) is 0 Å². The molecule has 1 fully saturated rings. The third kappa shape index (κ3) is 7.03. The molecule has 236 valence electrons. The first-order valence-corrected chi connectivity index (χ1v) is 15.0. The number of azide groups is 1. The van der Waals surface area contributed by atoms with Crippen molar-refractivity contribution < 1.29 is 38.1 Å². The molecule has 16 nitrogen and oxygen atoms in total. The fraction of sp³-hybridized carbons (Fsp3) is 0.444. The second kappa shape index (κ2) is 12.5. The highest BCUT2D eigenvalue weighted by atomic mass is 31.2. The van der Waals surface area contributed by atoms with Gasteiger partial charge in [0, 0.05) is 22.1 Å². The normalized spacial score (nSPS) is 23.8. The van der Waals surface area contributed by atoms with Crippen LogP contribution in [0.5, 0.6) is 5.75 Å². The summed E-state index contributed by atoms with van der Waals surface area (Å²) in [6, 6.07) is 10.8. The number of nitrogens with zero attached hydrogens (tertiary/aromatic N) is 4. The van der Waals surface area contributed by atoms with Crippen LogP contribution in [0, 0.1) is 6.92 Å². The Morgan fingerprint density at radius 2 is 1.93 bits per heavy atom. The minimum Gasteiger partial charge on any atom is -0.459 e. The molecule has 0 aliphatic carbocycles. The first-order chi connectivity index (χ1) is 20.6. The first kappa shape index (κ1) is 32.9. The molecule has 0 spiro atoms. The van der Waals surface area contributed by atoms with Crippen molar-refractivity contribution in [3.63, 3.8) is 0 Å². The van der Waals surface area contributed by atoms with E-state index in [-0.39, 0.29) is 11.3 Å². The molecule has 4 N–H and O–H groups in total. The maximum absolute atomic E-state index is 14.3. The van der Waals surface area contributed by atoms with Gasteiger partial charge in [0.2, 0.25) is 5.72 Å². The summed E-state index contributed by atoms with van der Waals surface area (Å²) in [6.45, 7) is 6.73. The van der Waals surface area contributed by atoms with Crippen LogP contribution < -0.4 is 20.9 Å². The Kier molecular flexibility index (Phi) is 9.37. The van der Waals surface area contributed by atoms with Gasteiger partial charge in [0.15, 0.2) is 6.23 Å². The Morgan fingerprint density at radius 3 is 2.61 bits per heavy atom. The van der Waals surface area contributed by atoms with E-state index in [9.17, 15) is 34.7 Å². The molecule has 1 aliphatic heterocycles. The highest BCUT2D eigenvalue weighted by Gasteiger charge is 2.56. The molecule has 6 atom stereocenters. The molecule has 0 saturated carbocycles. The Hall–Kier alpha value is -4.01. The maximum atomic E-state index is 14.3. The summed E-state index contributed by atoms with van der Waals surface area (Å²) < 4.78 is 37.7. The van der Waals surface area contributed by atoms with Crippen LogP contribution in [0.3, 0.4) is 0 Å². The summed E-state index contributed by atoms with van der Waals surface area (Å²) in [7, 11) is -4.62. The van der Waals surface area contributed by atoms with Crippen molar-refractivity contribution in [2.45, 2.75) is 70.4 Å². The summed E-state index contributed by atoms with van der Waals surface area (Å²) in [4.78, 5) is 41.8. The number of H-pyrrole nitrogens is 1. The zero-order valence-corrected chi connectivity index (χ0v) is 25.4. The van der Waals surface area contributed by atoms with E-state index in [4.69, 9.17) is 18.5 Å². The molecule has 0 radical (unpaired) electrons. The number of aromatic amines is 1. The summed E-state index contributed by atoms with van der Waals surface area (Å²) in [5.41, 5.74) is 4.44. The molecule has 2 heterocycles. The van der Waals surface area contributed by atoms with Crippen molar-refractivity contribution in [1.82, 2.24) is 14.6 Å². The number of ether oxygens (including phenoxy) is 2. The number of aryl methyl sites for hydroxylation is 1. The van der Waals surface area contributed by atoms with Crippen LogP contribution >= 0.6 is 7.75 Å². The van der Waals surface area contributed by atoms with Gasteiger partial charge in [0.1, 0.15) is 29.6 Å². The first-order valence-electron chi connectivity index (χ1n) is 13.4. The predicted octanol–water partition coefficient (Wildman–Crippen LogP) is 2.78. The maximum Gasteiger partial charge on any atom is 0.459 e. The number of fused-ring (bicyclic) bond motifs is 1. The van der Waals surface area contributed by atoms with Crippen LogP contribution in [0.15, 0.2) is 63.4 Å². The number of hydrogen-bond acceptors (Lipinski definition) is 11. The van der Waals surface area contributed by atoms with Gasteiger partial charge in [-0.15, -0.1) is 0 Å². The quantitative estimate of drug-likeness (QED) is 0.0835. The Labute approximate surface area is 250 Å². The summed E-state index contributed by atoms with van der Waals surface area (Å²) in [6.07, 6.45) is -4.46. The van der Waals surface area contributed by atoms with Crippen LogP contribution in [-0.2, 0) is 23.4 Å². The fourth-order valence-electron chi connectivity index (χ4n) is 4.43. The topological polar surface area (TPSA) is 227 Å².